The van der Waals surface area contributed by atoms with Crippen molar-refractivity contribution in [2.24, 2.45) is 0 Å². The molecule has 152 valence electrons. The van der Waals surface area contributed by atoms with E-state index in [0.717, 1.165) is 30.8 Å². The first kappa shape index (κ1) is 21.0. The standard InChI is InChI=1S/C22H17ClIN3O2S/c1-12-9-16(24)7-8-17(12)26-18(28)10-27-11-25-21-20(22(27)29)19(13(2)30-21)14-3-5-15(23)6-4-14/h3-9,11H,10H2,1-2H3,(H,26,28). The number of rotatable bonds is 4. The summed E-state index contributed by atoms with van der Waals surface area (Å²) in [5, 5.41) is 4.04. The van der Waals surface area contributed by atoms with E-state index in [4.69, 9.17) is 11.6 Å². The Kier molecular flexibility index (Phi) is 5.95. The second kappa shape index (κ2) is 8.49. The summed E-state index contributed by atoms with van der Waals surface area (Å²) in [6.07, 6.45) is 1.44. The van der Waals surface area contributed by atoms with Gasteiger partial charge in [0.25, 0.3) is 5.56 Å². The molecule has 0 radical (unpaired) electrons. The minimum absolute atomic E-state index is 0.109. The van der Waals surface area contributed by atoms with Crippen LogP contribution in [0.4, 0.5) is 5.69 Å². The number of carbonyl (C=O) groups excluding carboxylic acids is 1. The average molecular weight is 550 g/mol. The molecule has 0 bridgehead atoms. The quantitative estimate of drug-likeness (QED) is 0.335. The van der Waals surface area contributed by atoms with Crippen molar-refractivity contribution in [1.29, 1.82) is 0 Å². The first-order valence-electron chi connectivity index (χ1n) is 9.14. The molecule has 0 fully saturated rings. The maximum Gasteiger partial charge on any atom is 0.263 e. The van der Waals surface area contributed by atoms with Gasteiger partial charge in [-0.15, -0.1) is 11.3 Å². The van der Waals surface area contributed by atoms with E-state index in [1.54, 1.807) is 12.1 Å². The van der Waals surface area contributed by atoms with Gasteiger partial charge in [0, 0.05) is 24.7 Å². The van der Waals surface area contributed by atoms with Gasteiger partial charge in [0.1, 0.15) is 11.4 Å². The van der Waals surface area contributed by atoms with E-state index in [0.29, 0.717) is 15.2 Å². The summed E-state index contributed by atoms with van der Waals surface area (Å²) in [7, 11) is 0. The van der Waals surface area contributed by atoms with Crippen molar-refractivity contribution in [2.45, 2.75) is 20.4 Å². The van der Waals surface area contributed by atoms with Crippen LogP contribution in [0.5, 0.6) is 0 Å². The summed E-state index contributed by atoms with van der Waals surface area (Å²) in [5.74, 6) is -0.275. The minimum Gasteiger partial charge on any atom is -0.324 e. The van der Waals surface area contributed by atoms with E-state index in [1.807, 2.05) is 44.2 Å². The molecule has 4 aromatic rings. The Bertz CT molecular complexity index is 1330. The molecule has 1 N–H and O–H groups in total. The molecule has 0 unspecified atom stereocenters. The molecule has 8 heteroatoms. The van der Waals surface area contributed by atoms with Crippen LogP contribution in [0.3, 0.4) is 0 Å². The smallest absolute Gasteiger partial charge is 0.263 e. The molecule has 0 spiro atoms. The third kappa shape index (κ3) is 4.14. The fourth-order valence-electron chi connectivity index (χ4n) is 3.33. The SMILES string of the molecule is Cc1cc(I)ccc1NC(=O)Cn1cnc2sc(C)c(-c3ccc(Cl)cc3)c2c1=O. The van der Waals surface area contributed by atoms with Crippen LogP contribution in [0, 0.1) is 17.4 Å². The number of benzene rings is 2. The molecule has 0 aliphatic heterocycles. The second-order valence-electron chi connectivity index (χ2n) is 6.91. The van der Waals surface area contributed by atoms with Crippen LogP contribution in [0.2, 0.25) is 5.02 Å². The lowest BCUT2D eigenvalue weighted by atomic mass is 10.0. The van der Waals surface area contributed by atoms with Gasteiger partial charge in [0.05, 0.1) is 11.7 Å². The van der Waals surface area contributed by atoms with Gasteiger partial charge in [-0.25, -0.2) is 4.98 Å². The first-order chi connectivity index (χ1) is 14.3. The summed E-state index contributed by atoms with van der Waals surface area (Å²) in [4.78, 5) is 31.9. The van der Waals surface area contributed by atoms with Crippen LogP contribution in [-0.4, -0.2) is 15.5 Å². The number of halogens is 2. The van der Waals surface area contributed by atoms with Crippen molar-refractivity contribution in [3.8, 4) is 11.1 Å². The maximum atomic E-state index is 13.2. The van der Waals surface area contributed by atoms with Crippen molar-refractivity contribution in [3.05, 3.63) is 78.2 Å². The predicted octanol–water partition coefficient (Wildman–Crippen LogP) is 5.64. The molecule has 0 saturated heterocycles. The molecular weight excluding hydrogens is 533 g/mol. The summed E-state index contributed by atoms with van der Waals surface area (Å²) < 4.78 is 2.45. The summed E-state index contributed by atoms with van der Waals surface area (Å²) in [6.45, 7) is 3.79. The number of anilines is 1. The third-order valence-corrected chi connectivity index (χ3v) is 6.70. The Morgan fingerprint density at radius 3 is 2.63 bits per heavy atom. The molecule has 2 aromatic heterocycles. The average Bonchev–Trinajstić information content (AvgIpc) is 3.04. The van der Waals surface area contributed by atoms with Gasteiger partial charge >= 0.3 is 0 Å². The number of nitrogens with one attached hydrogen (secondary N) is 1. The topological polar surface area (TPSA) is 64.0 Å². The van der Waals surface area contributed by atoms with E-state index in [-0.39, 0.29) is 18.0 Å². The number of amides is 1. The largest absolute Gasteiger partial charge is 0.324 e. The molecule has 0 saturated carbocycles. The molecular formula is C22H17ClIN3O2S. The number of nitrogens with zero attached hydrogens (tertiary/aromatic N) is 2. The summed E-state index contributed by atoms with van der Waals surface area (Å²) >= 11 is 9.70. The Hall–Kier alpha value is -2.23. The predicted molar refractivity (Wildman–Crippen MR) is 132 cm³/mol. The van der Waals surface area contributed by atoms with Crippen molar-refractivity contribution in [3.63, 3.8) is 0 Å². The molecule has 0 aliphatic rings. The number of hydrogen-bond donors (Lipinski definition) is 1. The molecule has 5 nitrogen and oxygen atoms in total. The number of aryl methyl sites for hydroxylation is 2. The van der Waals surface area contributed by atoms with E-state index < -0.39 is 0 Å². The summed E-state index contributed by atoms with van der Waals surface area (Å²) in [6, 6.07) is 13.1. The highest BCUT2D eigenvalue weighted by molar-refractivity contribution is 14.1. The van der Waals surface area contributed by atoms with Crippen LogP contribution in [0.15, 0.2) is 53.6 Å². The zero-order valence-corrected chi connectivity index (χ0v) is 19.9. The van der Waals surface area contributed by atoms with Crippen LogP contribution in [0.25, 0.3) is 21.3 Å². The minimum atomic E-state index is -0.275. The van der Waals surface area contributed by atoms with Gasteiger partial charge < -0.3 is 5.32 Å². The van der Waals surface area contributed by atoms with Crippen LogP contribution < -0.4 is 10.9 Å². The monoisotopic (exact) mass is 549 g/mol. The van der Waals surface area contributed by atoms with Gasteiger partial charge in [-0.05, 0) is 77.9 Å². The highest BCUT2D eigenvalue weighted by atomic mass is 127. The number of carbonyl (C=O) groups is 1. The van der Waals surface area contributed by atoms with Crippen molar-refractivity contribution in [2.75, 3.05) is 5.32 Å². The first-order valence-corrected chi connectivity index (χ1v) is 11.4. The lowest BCUT2D eigenvalue weighted by molar-refractivity contribution is -0.116. The molecule has 4 rings (SSSR count). The van der Waals surface area contributed by atoms with Gasteiger partial charge in [0.15, 0.2) is 0 Å². The van der Waals surface area contributed by atoms with Crippen molar-refractivity contribution in [1.82, 2.24) is 9.55 Å². The molecule has 2 heterocycles. The van der Waals surface area contributed by atoms with E-state index in [2.05, 4.69) is 32.9 Å². The molecule has 2 aromatic carbocycles. The van der Waals surface area contributed by atoms with Gasteiger partial charge in [0.2, 0.25) is 5.91 Å². The van der Waals surface area contributed by atoms with Gasteiger partial charge in [-0.1, -0.05) is 23.7 Å². The zero-order chi connectivity index (χ0) is 21.4. The van der Waals surface area contributed by atoms with E-state index >= 15 is 0 Å². The third-order valence-electron chi connectivity index (χ3n) is 4.76. The van der Waals surface area contributed by atoms with Crippen molar-refractivity contribution < 1.29 is 4.79 Å². The Balaban J connectivity index is 1.69. The number of aromatic nitrogens is 2. The van der Waals surface area contributed by atoms with Crippen LogP contribution in [0.1, 0.15) is 10.4 Å². The maximum absolute atomic E-state index is 13.2. The highest BCUT2D eigenvalue weighted by Gasteiger charge is 2.18. The number of thiophene rings is 1. The zero-order valence-electron chi connectivity index (χ0n) is 16.2. The molecule has 30 heavy (non-hydrogen) atoms. The van der Waals surface area contributed by atoms with Gasteiger partial charge in [-0.3, -0.25) is 14.2 Å². The normalized spacial score (nSPS) is 11.1. The van der Waals surface area contributed by atoms with E-state index in [9.17, 15) is 9.59 Å². The van der Waals surface area contributed by atoms with Gasteiger partial charge in [-0.2, -0.15) is 0 Å². The Labute approximate surface area is 195 Å². The van der Waals surface area contributed by atoms with Crippen LogP contribution >= 0.6 is 45.5 Å². The summed E-state index contributed by atoms with van der Waals surface area (Å²) in [5.41, 5.74) is 3.21. The van der Waals surface area contributed by atoms with E-state index in [1.165, 1.54) is 22.2 Å². The lowest BCUT2D eigenvalue weighted by Crippen LogP contribution is -2.28. The number of hydrogen-bond acceptors (Lipinski definition) is 4. The highest BCUT2D eigenvalue weighted by Crippen LogP contribution is 2.35. The lowest BCUT2D eigenvalue weighted by Gasteiger charge is -2.10. The van der Waals surface area contributed by atoms with Crippen LogP contribution in [-0.2, 0) is 11.3 Å². The molecule has 1 amide bonds. The number of fused-ring (bicyclic) bond motifs is 1. The fourth-order valence-corrected chi connectivity index (χ4v) is 5.10. The Morgan fingerprint density at radius 1 is 1.20 bits per heavy atom. The second-order valence-corrected chi connectivity index (χ2v) is 9.79. The van der Waals surface area contributed by atoms with Crippen molar-refractivity contribution >= 4 is 67.3 Å². The molecule has 0 aliphatic carbocycles. The fraction of sp³-hybridized carbons (Fsp3) is 0.136. The molecule has 0 atom stereocenters. The Morgan fingerprint density at radius 2 is 1.93 bits per heavy atom.